The molecule has 0 heterocycles. The Morgan fingerprint density at radius 2 is 0.526 bits per heavy atom. The first-order valence-corrected chi connectivity index (χ1v) is 18.1. The smallest absolute Gasteiger partial charge is 0.0806 e. The quantitative estimate of drug-likeness (QED) is 0.0650. The van der Waals surface area contributed by atoms with E-state index in [0.29, 0.717) is 6.61 Å². The number of nitrogens with zero attached hydrogens (tertiary/aromatic N) is 1. The van der Waals surface area contributed by atoms with Crippen molar-refractivity contribution in [2.75, 3.05) is 33.3 Å². The molecule has 0 amide bonds. The maximum Gasteiger partial charge on any atom is 0.0806 e. The first kappa shape index (κ1) is 37.9. The highest BCUT2D eigenvalue weighted by Crippen LogP contribution is 2.17. The maximum atomic E-state index is 9.41. The van der Waals surface area contributed by atoms with Crippen molar-refractivity contribution < 1.29 is 9.59 Å². The summed E-state index contributed by atoms with van der Waals surface area (Å²) in [5.74, 6) is 0. The number of hydrogen-bond acceptors (Lipinski definition) is 1. The highest BCUT2D eigenvalue weighted by Gasteiger charge is 2.19. The molecule has 0 aromatic heterocycles. The number of unbranched alkanes of at least 4 members (excludes halogenated alkanes) is 26. The molecule has 2 heteroatoms. The molecule has 0 fully saturated rings. The third-order valence-electron chi connectivity index (χ3n) is 8.96. The van der Waals surface area contributed by atoms with Gasteiger partial charge in [-0.1, -0.05) is 168 Å². The fraction of sp³-hybridized carbons (Fsp3) is 1.00. The van der Waals surface area contributed by atoms with Crippen molar-refractivity contribution in [3.05, 3.63) is 0 Å². The van der Waals surface area contributed by atoms with E-state index in [4.69, 9.17) is 0 Å². The van der Waals surface area contributed by atoms with Crippen molar-refractivity contribution in [1.29, 1.82) is 0 Å². The van der Waals surface area contributed by atoms with Gasteiger partial charge in [0.15, 0.2) is 0 Å². The van der Waals surface area contributed by atoms with E-state index in [0.717, 1.165) is 13.0 Å². The lowest BCUT2D eigenvalue weighted by Crippen LogP contribution is -2.46. The molecular formula is C36H76NO+. The predicted octanol–water partition coefficient (Wildman–Crippen LogP) is 11.8. The van der Waals surface area contributed by atoms with E-state index in [1.165, 1.54) is 197 Å². The van der Waals surface area contributed by atoms with Crippen LogP contribution in [0.25, 0.3) is 0 Å². The van der Waals surface area contributed by atoms with Gasteiger partial charge in [0.1, 0.15) is 0 Å². The lowest BCUT2D eigenvalue weighted by molar-refractivity contribution is -0.910. The maximum absolute atomic E-state index is 9.41. The first-order valence-electron chi connectivity index (χ1n) is 18.1. The Labute approximate surface area is 242 Å². The van der Waals surface area contributed by atoms with Crippen LogP contribution in [-0.4, -0.2) is 42.9 Å². The van der Waals surface area contributed by atoms with Crippen molar-refractivity contribution in [3.63, 3.8) is 0 Å². The molecule has 2 nitrogen and oxygen atoms in total. The van der Waals surface area contributed by atoms with E-state index >= 15 is 0 Å². The molecule has 0 aromatic carbocycles. The van der Waals surface area contributed by atoms with Crippen LogP contribution in [-0.2, 0) is 0 Å². The van der Waals surface area contributed by atoms with Crippen LogP contribution in [0.4, 0.5) is 0 Å². The van der Waals surface area contributed by atoms with Crippen molar-refractivity contribution >= 4 is 0 Å². The Balaban J connectivity index is 3.62. The van der Waals surface area contributed by atoms with Crippen LogP contribution in [0.15, 0.2) is 0 Å². The number of aliphatic hydroxyl groups excluding tert-OH is 1. The fourth-order valence-corrected chi connectivity index (χ4v) is 6.16. The van der Waals surface area contributed by atoms with E-state index in [1.807, 2.05) is 0 Å². The third kappa shape index (κ3) is 28.9. The molecule has 0 unspecified atom stereocenters. The van der Waals surface area contributed by atoms with Crippen molar-refractivity contribution in [3.8, 4) is 0 Å². The molecule has 0 saturated carbocycles. The second kappa shape index (κ2) is 31.4. The molecule has 0 atom stereocenters. The van der Waals surface area contributed by atoms with E-state index < -0.39 is 0 Å². The van der Waals surface area contributed by atoms with Gasteiger partial charge in [0, 0.05) is 13.0 Å². The lowest BCUT2D eigenvalue weighted by atomic mass is 10.0. The van der Waals surface area contributed by atoms with E-state index in [1.54, 1.807) is 0 Å². The normalized spacial score (nSPS) is 12.0. The standard InChI is InChI=1S/C36H76NO/c1-4-6-8-10-12-14-16-18-20-22-24-26-28-30-33-37(3,35-32-36-38)34-31-29-27-25-23-21-19-17-15-13-11-9-7-5-2/h38H,4-36H2,1-3H3/q+1. The topological polar surface area (TPSA) is 20.2 Å². The summed E-state index contributed by atoms with van der Waals surface area (Å²) in [6, 6.07) is 0. The second-order valence-electron chi connectivity index (χ2n) is 13.1. The summed E-state index contributed by atoms with van der Waals surface area (Å²) in [5.41, 5.74) is 0. The molecule has 0 aliphatic heterocycles. The van der Waals surface area contributed by atoms with Crippen LogP contribution in [0.3, 0.4) is 0 Å². The largest absolute Gasteiger partial charge is 0.396 e. The van der Waals surface area contributed by atoms with Crippen LogP contribution in [0.5, 0.6) is 0 Å². The van der Waals surface area contributed by atoms with E-state index in [2.05, 4.69) is 20.9 Å². The van der Waals surface area contributed by atoms with Gasteiger partial charge in [0.2, 0.25) is 0 Å². The Morgan fingerprint density at radius 3 is 0.763 bits per heavy atom. The van der Waals surface area contributed by atoms with Crippen LogP contribution in [0, 0.1) is 0 Å². The number of quaternary nitrogens is 1. The monoisotopic (exact) mass is 539 g/mol. The zero-order valence-corrected chi connectivity index (χ0v) is 27.2. The average Bonchev–Trinajstić information content (AvgIpc) is 2.92. The molecule has 0 rings (SSSR count). The van der Waals surface area contributed by atoms with Gasteiger partial charge >= 0.3 is 0 Å². The minimum Gasteiger partial charge on any atom is -0.396 e. The minimum atomic E-state index is 0.353. The highest BCUT2D eigenvalue weighted by molar-refractivity contribution is 4.52. The van der Waals surface area contributed by atoms with Crippen LogP contribution < -0.4 is 0 Å². The zero-order valence-electron chi connectivity index (χ0n) is 27.2. The van der Waals surface area contributed by atoms with Crippen LogP contribution in [0.1, 0.15) is 200 Å². The Kier molecular flexibility index (Phi) is 31.4. The SMILES string of the molecule is CCCCCCCCCCCCCCCC[N+](C)(CCCO)CCCCCCCCCCCCCCCC. The molecule has 1 N–H and O–H groups in total. The van der Waals surface area contributed by atoms with Gasteiger partial charge in [-0.15, -0.1) is 0 Å². The minimum absolute atomic E-state index is 0.353. The van der Waals surface area contributed by atoms with Crippen LogP contribution in [0.2, 0.25) is 0 Å². The van der Waals surface area contributed by atoms with Gasteiger partial charge < -0.3 is 9.59 Å². The zero-order chi connectivity index (χ0) is 27.8. The molecule has 0 bridgehead atoms. The Hall–Kier alpha value is -0.0800. The first-order chi connectivity index (χ1) is 18.7. The van der Waals surface area contributed by atoms with Gasteiger partial charge in [-0.25, -0.2) is 0 Å². The van der Waals surface area contributed by atoms with E-state index in [9.17, 15) is 5.11 Å². The van der Waals surface area contributed by atoms with Gasteiger partial charge in [0.05, 0.1) is 26.7 Å². The van der Waals surface area contributed by atoms with Crippen molar-refractivity contribution in [2.45, 2.75) is 200 Å². The summed E-state index contributed by atoms with van der Waals surface area (Å²) >= 11 is 0. The predicted molar refractivity (Wildman–Crippen MR) is 173 cm³/mol. The highest BCUT2D eigenvalue weighted by atomic mass is 16.3. The van der Waals surface area contributed by atoms with Crippen LogP contribution >= 0.6 is 0 Å². The van der Waals surface area contributed by atoms with Gasteiger partial charge in [-0.05, 0) is 25.7 Å². The van der Waals surface area contributed by atoms with Gasteiger partial charge in [0.25, 0.3) is 0 Å². The number of hydrogen-bond donors (Lipinski definition) is 1. The Morgan fingerprint density at radius 1 is 0.316 bits per heavy atom. The molecular weight excluding hydrogens is 462 g/mol. The third-order valence-corrected chi connectivity index (χ3v) is 8.96. The molecule has 0 aliphatic carbocycles. The number of rotatable bonds is 33. The molecule has 0 aromatic rings. The summed E-state index contributed by atoms with van der Waals surface area (Å²) in [7, 11) is 2.46. The summed E-state index contributed by atoms with van der Waals surface area (Å²) in [6.07, 6.45) is 41.2. The van der Waals surface area contributed by atoms with Crippen molar-refractivity contribution in [1.82, 2.24) is 0 Å². The molecule has 38 heavy (non-hydrogen) atoms. The second-order valence-corrected chi connectivity index (χ2v) is 13.1. The Bertz CT molecular complexity index is 392. The van der Waals surface area contributed by atoms with Gasteiger partial charge in [-0.3, -0.25) is 0 Å². The average molecular weight is 539 g/mol. The summed E-state index contributed by atoms with van der Waals surface area (Å²) in [5, 5.41) is 9.41. The fourth-order valence-electron chi connectivity index (χ4n) is 6.16. The molecule has 230 valence electrons. The molecule has 0 saturated heterocycles. The molecule has 0 aliphatic rings. The van der Waals surface area contributed by atoms with E-state index in [-0.39, 0.29) is 0 Å². The summed E-state index contributed by atoms with van der Waals surface area (Å²) in [6.45, 7) is 8.75. The summed E-state index contributed by atoms with van der Waals surface area (Å²) < 4.78 is 1.19. The molecule has 0 spiro atoms. The lowest BCUT2D eigenvalue weighted by Gasteiger charge is -2.35. The van der Waals surface area contributed by atoms with Crippen molar-refractivity contribution in [2.24, 2.45) is 0 Å². The van der Waals surface area contributed by atoms with Gasteiger partial charge in [-0.2, -0.15) is 0 Å². The molecule has 0 radical (unpaired) electrons. The number of aliphatic hydroxyl groups is 1. The summed E-state index contributed by atoms with van der Waals surface area (Å²) in [4.78, 5) is 0.